The summed E-state index contributed by atoms with van der Waals surface area (Å²) in [6.07, 6.45) is 0.857. The first-order valence-corrected chi connectivity index (χ1v) is 8.14. The van der Waals surface area contributed by atoms with E-state index in [4.69, 9.17) is 11.6 Å². The number of halogens is 2. The molecule has 0 aliphatic carbocycles. The predicted molar refractivity (Wildman–Crippen MR) is 90.1 cm³/mol. The van der Waals surface area contributed by atoms with Gasteiger partial charge >= 0.3 is 0 Å². The molecule has 1 aromatic heterocycles. The summed E-state index contributed by atoms with van der Waals surface area (Å²) in [6, 6.07) is 6.14. The lowest BCUT2D eigenvalue weighted by atomic mass is 9.99. The molecule has 0 unspecified atom stereocenters. The van der Waals surface area contributed by atoms with Gasteiger partial charge in [-0.1, -0.05) is 27.5 Å². The first-order valence-electron chi connectivity index (χ1n) is 6.97. The van der Waals surface area contributed by atoms with Crippen LogP contribution in [0, 0.1) is 25.2 Å². The number of anilines is 1. The molecule has 3 rings (SSSR count). The molecule has 0 bridgehead atoms. The lowest BCUT2D eigenvalue weighted by Gasteiger charge is -2.31. The van der Waals surface area contributed by atoms with Crippen LogP contribution < -0.4 is 4.90 Å². The molecule has 1 aromatic carbocycles. The number of hydrogen-bond donors (Lipinski definition) is 0. The summed E-state index contributed by atoms with van der Waals surface area (Å²) in [4.78, 5) is 2.08. The number of nitrogens with zero attached hydrogens (tertiary/aromatic N) is 4. The Balaban J connectivity index is 2.05. The van der Waals surface area contributed by atoms with Gasteiger partial charge in [0.25, 0.3) is 0 Å². The van der Waals surface area contributed by atoms with Crippen LogP contribution >= 0.6 is 27.5 Å². The summed E-state index contributed by atoms with van der Waals surface area (Å²) in [6.45, 7) is 5.21. The molecule has 0 amide bonds. The molecule has 0 atom stereocenters. The topological polar surface area (TPSA) is 52.8 Å². The number of benzene rings is 1. The van der Waals surface area contributed by atoms with Crippen LogP contribution in [0.2, 0.25) is 5.02 Å². The zero-order valence-corrected chi connectivity index (χ0v) is 14.7. The second kappa shape index (κ2) is 5.86. The highest BCUT2D eigenvalue weighted by atomic mass is 79.9. The van der Waals surface area contributed by atoms with E-state index in [2.05, 4.69) is 37.1 Å². The van der Waals surface area contributed by atoms with Gasteiger partial charge in [0, 0.05) is 22.6 Å². The van der Waals surface area contributed by atoms with Crippen molar-refractivity contribution in [3.05, 3.63) is 49.6 Å². The van der Waals surface area contributed by atoms with Gasteiger partial charge in [-0.3, -0.25) is 0 Å². The Hall–Kier alpha value is -1.64. The standard InChI is InChI=1S/C16H14BrClN4/c1-9-10(2)20-21-16(12(9)7-19)22-6-5-11-13(8-22)15(18)4-3-14(11)17/h3-4H,5-6,8H2,1-2H3. The molecule has 2 heterocycles. The maximum absolute atomic E-state index is 9.47. The van der Waals surface area contributed by atoms with E-state index in [1.165, 1.54) is 5.56 Å². The molecular weight excluding hydrogens is 364 g/mol. The van der Waals surface area contributed by atoms with E-state index in [9.17, 15) is 5.26 Å². The number of nitriles is 1. The van der Waals surface area contributed by atoms with Gasteiger partial charge in [0.1, 0.15) is 11.6 Å². The molecule has 4 nitrogen and oxygen atoms in total. The van der Waals surface area contributed by atoms with E-state index in [0.717, 1.165) is 39.3 Å². The SMILES string of the molecule is Cc1nnc(N2CCc3c(Br)ccc(Cl)c3C2)c(C#N)c1C. The third-order valence-corrected chi connectivity index (χ3v) is 5.24. The van der Waals surface area contributed by atoms with Gasteiger partial charge < -0.3 is 4.90 Å². The van der Waals surface area contributed by atoms with E-state index >= 15 is 0 Å². The van der Waals surface area contributed by atoms with Crippen LogP contribution in [0.1, 0.15) is 27.9 Å². The Morgan fingerprint density at radius 1 is 1.27 bits per heavy atom. The molecule has 0 saturated heterocycles. The van der Waals surface area contributed by atoms with Crippen molar-refractivity contribution in [3.8, 4) is 6.07 Å². The molecule has 0 N–H and O–H groups in total. The fourth-order valence-corrected chi connectivity index (χ4v) is 3.53. The van der Waals surface area contributed by atoms with Gasteiger partial charge in [-0.05, 0) is 49.1 Å². The van der Waals surface area contributed by atoms with Crippen molar-refractivity contribution in [2.75, 3.05) is 11.4 Å². The second-order valence-electron chi connectivity index (χ2n) is 5.38. The van der Waals surface area contributed by atoms with Crippen molar-refractivity contribution < 1.29 is 0 Å². The van der Waals surface area contributed by atoms with E-state index in [-0.39, 0.29) is 0 Å². The van der Waals surface area contributed by atoms with Crippen LogP contribution in [-0.2, 0) is 13.0 Å². The van der Waals surface area contributed by atoms with Crippen molar-refractivity contribution in [3.63, 3.8) is 0 Å². The predicted octanol–water partition coefficient (Wildman–Crippen LogP) is 3.94. The van der Waals surface area contributed by atoms with Crippen molar-refractivity contribution in [2.45, 2.75) is 26.8 Å². The molecule has 0 spiro atoms. The minimum atomic E-state index is 0.599. The quantitative estimate of drug-likeness (QED) is 0.755. The van der Waals surface area contributed by atoms with Gasteiger partial charge in [0.2, 0.25) is 0 Å². The van der Waals surface area contributed by atoms with Crippen molar-refractivity contribution in [1.82, 2.24) is 10.2 Å². The number of hydrogen-bond acceptors (Lipinski definition) is 4. The summed E-state index contributed by atoms with van der Waals surface area (Å²) in [7, 11) is 0. The highest BCUT2D eigenvalue weighted by Crippen LogP contribution is 2.34. The molecule has 0 saturated carbocycles. The van der Waals surface area contributed by atoms with E-state index in [1.807, 2.05) is 26.0 Å². The van der Waals surface area contributed by atoms with E-state index < -0.39 is 0 Å². The minimum absolute atomic E-state index is 0.599. The fraction of sp³-hybridized carbons (Fsp3) is 0.312. The summed E-state index contributed by atoms with van der Waals surface area (Å²) in [5.41, 5.74) is 4.60. The molecule has 1 aliphatic heterocycles. The highest BCUT2D eigenvalue weighted by molar-refractivity contribution is 9.10. The maximum Gasteiger partial charge on any atom is 0.169 e. The smallest absolute Gasteiger partial charge is 0.169 e. The average Bonchev–Trinajstić information content (AvgIpc) is 2.53. The molecule has 22 heavy (non-hydrogen) atoms. The van der Waals surface area contributed by atoms with E-state index in [0.29, 0.717) is 17.9 Å². The largest absolute Gasteiger partial charge is 0.349 e. The summed E-state index contributed by atoms with van der Waals surface area (Å²) in [5.74, 6) is 0.646. The number of aromatic nitrogens is 2. The fourth-order valence-electron chi connectivity index (χ4n) is 2.73. The lowest BCUT2D eigenvalue weighted by Crippen LogP contribution is -2.32. The molecule has 6 heteroatoms. The first-order chi connectivity index (χ1) is 10.5. The summed E-state index contributed by atoms with van der Waals surface area (Å²) in [5, 5.41) is 18.6. The third kappa shape index (κ3) is 2.47. The molecule has 0 radical (unpaired) electrons. The van der Waals surface area contributed by atoms with Crippen LogP contribution in [0.3, 0.4) is 0 Å². The van der Waals surface area contributed by atoms with Gasteiger partial charge in [0.15, 0.2) is 5.82 Å². The summed E-state index contributed by atoms with van der Waals surface area (Å²) >= 11 is 9.93. The Morgan fingerprint density at radius 3 is 2.77 bits per heavy atom. The molecule has 0 fully saturated rings. The van der Waals surface area contributed by atoms with Gasteiger partial charge in [0.05, 0.1) is 5.69 Å². The third-order valence-electron chi connectivity index (χ3n) is 4.14. The van der Waals surface area contributed by atoms with Crippen LogP contribution in [0.5, 0.6) is 0 Å². The minimum Gasteiger partial charge on any atom is -0.349 e. The zero-order valence-electron chi connectivity index (χ0n) is 12.3. The molecular formula is C16H14BrClN4. The van der Waals surface area contributed by atoms with Crippen LogP contribution in [0.15, 0.2) is 16.6 Å². The second-order valence-corrected chi connectivity index (χ2v) is 6.64. The average molecular weight is 378 g/mol. The molecule has 2 aromatic rings. The van der Waals surface area contributed by atoms with Gasteiger partial charge in [-0.2, -0.15) is 10.4 Å². The van der Waals surface area contributed by atoms with Crippen molar-refractivity contribution in [2.24, 2.45) is 0 Å². The maximum atomic E-state index is 9.47. The number of rotatable bonds is 1. The van der Waals surface area contributed by atoms with Crippen LogP contribution in [0.4, 0.5) is 5.82 Å². The Bertz CT molecular complexity index is 798. The molecule has 1 aliphatic rings. The van der Waals surface area contributed by atoms with E-state index in [1.54, 1.807) is 0 Å². The number of fused-ring (bicyclic) bond motifs is 1. The Morgan fingerprint density at radius 2 is 2.05 bits per heavy atom. The monoisotopic (exact) mass is 376 g/mol. The van der Waals surface area contributed by atoms with Gasteiger partial charge in [-0.15, -0.1) is 5.10 Å². The van der Waals surface area contributed by atoms with Crippen molar-refractivity contribution >= 4 is 33.3 Å². The Kier molecular flexibility index (Phi) is 4.07. The first kappa shape index (κ1) is 15.3. The Labute approximate surface area is 142 Å². The molecule has 112 valence electrons. The lowest BCUT2D eigenvalue weighted by molar-refractivity contribution is 0.706. The zero-order chi connectivity index (χ0) is 15.9. The van der Waals surface area contributed by atoms with Crippen LogP contribution in [-0.4, -0.2) is 16.7 Å². The summed E-state index contributed by atoms with van der Waals surface area (Å²) < 4.78 is 1.08. The van der Waals surface area contributed by atoms with Crippen molar-refractivity contribution in [1.29, 1.82) is 5.26 Å². The van der Waals surface area contributed by atoms with Gasteiger partial charge in [-0.25, -0.2) is 0 Å². The normalized spacial score (nSPS) is 13.7. The number of aryl methyl sites for hydroxylation is 1. The highest BCUT2D eigenvalue weighted by Gasteiger charge is 2.24. The van der Waals surface area contributed by atoms with Crippen LogP contribution in [0.25, 0.3) is 0 Å².